The van der Waals surface area contributed by atoms with E-state index in [1.807, 2.05) is 6.07 Å². The van der Waals surface area contributed by atoms with E-state index in [4.69, 9.17) is 4.74 Å². The minimum atomic E-state index is -0.104. The van der Waals surface area contributed by atoms with Crippen molar-refractivity contribution in [3.63, 3.8) is 0 Å². The molecule has 1 aliphatic carbocycles. The molecule has 1 aliphatic heterocycles. The van der Waals surface area contributed by atoms with Crippen molar-refractivity contribution >= 4 is 16.7 Å². The van der Waals surface area contributed by atoms with Crippen LogP contribution in [0.4, 0.5) is 0 Å². The molecule has 0 bridgehead atoms. The molecule has 3 aromatic rings. The number of hydrogen-bond donors (Lipinski definition) is 0. The van der Waals surface area contributed by atoms with Crippen molar-refractivity contribution in [2.45, 2.75) is 24.7 Å². The smallest absolute Gasteiger partial charge is 0.311 e. The molecule has 2 nitrogen and oxygen atoms in total. The Morgan fingerprint density at radius 3 is 2.65 bits per heavy atom. The summed E-state index contributed by atoms with van der Waals surface area (Å²) in [6.45, 7) is 0. The Hall–Kier alpha value is -2.61. The molecule has 0 amide bonds. The second-order valence-electron chi connectivity index (χ2n) is 6.50. The van der Waals surface area contributed by atoms with Crippen molar-refractivity contribution in [2.24, 2.45) is 0 Å². The van der Waals surface area contributed by atoms with Gasteiger partial charge in [0, 0.05) is 11.5 Å². The van der Waals surface area contributed by atoms with Crippen LogP contribution >= 0.6 is 0 Å². The summed E-state index contributed by atoms with van der Waals surface area (Å²) in [5, 5.41) is 2.53. The fourth-order valence-electron chi connectivity index (χ4n) is 4.28. The van der Waals surface area contributed by atoms with Gasteiger partial charge < -0.3 is 4.74 Å². The van der Waals surface area contributed by atoms with Gasteiger partial charge in [-0.25, -0.2) is 0 Å². The summed E-state index contributed by atoms with van der Waals surface area (Å²) in [5.41, 5.74) is 3.93. The number of carbonyl (C=O) groups excluding carboxylic acids is 1. The first kappa shape index (κ1) is 12.9. The van der Waals surface area contributed by atoms with Crippen molar-refractivity contribution in [1.29, 1.82) is 0 Å². The zero-order valence-electron chi connectivity index (χ0n) is 12.7. The Bertz CT molecular complexity index is 927. The maximum Gasteiger partial charge on any atom is 0.311 e. The first-order chi connectivity index (χ1) is 11.3. The van der Waals surface area contributed by atoms with Crippen LogP contribution in [0.5, 0.6) is 5.75 Å². The highest BCUT2D eigenvalue weighted by Gasteiger charge is 2.36. The summed E-state index contributed by atoms with van der Waals surface area (Å²) in [6.07, 6.45) is 1.46. The number of ether oxygens (including phenoxy) is 1. The predicted octanol–water partition coefficient (Wildman–Crippen LogP) is 4.77. The Morgan fingerprint density at radius 2 is 1.78 bits per heavy atom. The van der Waals surface area contributed by atoms with Gasteiger partial charge in [0.15, 0.2) is 0 Å². The van der Waals surface area contributed by atoms with Gasteiger partial charge in [-0.05, 0) is 40.3 Å². The van der Waals surface area contributed by atoms with Crippen molar-refractivity contribution in [3.05, 3.63) is 77.4 Å². The van der Waals surface area contributed by atoms with Crippen LogP contribution in [0.15, 0.2) is 60.7 Å². The topological polar surface area (TPSA) is 26.3 Å². The lowest BCUT2D eigenvalue weighted by Gasteiger charge is -2.35. The molecule has 0 aromatic heterocycles. The van der Waals surface area contributed by atoms with Gasteiger partial charge in [-0.2, -0.15) is 0 Å². The SMILES string of the molecule is O=C1CC2CC(c3ccccc3)c3cccc4ccc(c2c34)O1. The quantitative estimate of drug-likeness (QED) is 0.478. The molecule has 0 spiro atoms. The van der Waals surface area contributed by atoms with Crippen LogP contribution in [0.3, 0.4) is 0 Å². The van der Waals surface area contributed by atoms with E-state index in [0.29, 0.717) is 12.3 Å². The Labute approximate surface area is 134 Å². The van der Waals surface area contributed by atoms with Crippen molar-refractivity contribution < 1.29 is 9.53 Å². The fraction of sp³-hybridized carbons (Fsp3) is 0.190. The molecule has 0 fully saturated rings. The minimum absolute atomic E-state index is 0.104. The molecule has 0 radical (unpaired) electrons. The molecule has 23 heavy (non-hydrogen) atoms. The first-order valence-corrected chi connectivity index (χ1v) is 8.12. The zero-order valence-corrected chi connectivity index (χ0v) is 12.7. The molecule has 5 rings (SSSR count). The fourth-order valence-corrected chi connectivity index (χ4v) is 4.28. The standard InChI is InChI=1S/C21H16O2/c22-19-12-15-11-17(13-5-2-1-3-6-13)16-8-4-7-14-9-10-18(23-19)21(15)20(14)16/h1-10,15,17H,11-12H2. The molecule has 2 unspecified atom stereocenters. The van der Waals surface area contributed by atoms with Crippen LogP contribution in [-0.2, 0) is 4.79 Å². The number of benzene rings is 3. The number of carbonyl (C=O) groups is 1. The average molecular weight is 300 g/mol. The third-order valence-electron chi connectivity index (χ3n) is 5.22. The summed E-state index contributed by atoms with van der Waals surface area (Å²) >= 11 is 0. The van der Waals surface area contributed by atoms with Crippen LogP contribution in [0.25, 0.3) is 10.8 Å². The normalized spacial score (nSPS) is 22.0. The number of rotatable bonds is 1. The third-order valence-corrected chi connectivity index (χ3v) is 5.22. The van der Waals surface area contributed by atoms with Gasteiger partial charge in [-0.15, -0.1) is 0 Å². The Kier molecular flexibility index (Phi) is 2.63. The van der Waals surface area contributed by atoms with E-state index in [1.54, 1.807) is 0 Å². The lowest BCUT2D eigenvalue weighted by Crippen LogP contribution is -2.25. The number of esters is 1. The minimum Gasteiger partial charge on any atom is -0.426 e. The summed E-state index contributed by atoms with van der Waals surface area (Å²) in [5.74, 6) is 1.26. The van der Waals surface area contributed by atoms with Crippen LogP contribution in [0.1, 0.15) is 41.4 Å². The molecule has 3 aromatic carbocycles. The average Bonchev–Trinajstić information content (AvgIpc) is 2.59. The van der Waals surface area contributed by atoms with Gasteiger partial charge in [0.2, 0.25) is 0 Å². The van der Waals surface area contributed by atoms with Crippen molar-refractivity contribution in [3.8, 4) is 5.75 Å². The van der Waals surface area contributed by atoms with Crippen molar-refractivity contribution in [2.75, 3.05) is 0 Å². The molecule has 0 saturated carbocycles. The van der Waals surface area contributed by atoms with E-state index in [1.165, 1.54) is 27.5 Å². The zero-order chi connectivity index (χ0) is 15.4. The predicted molar refractivity (Wildman–Crippen MR) is 89.8 cm³/mol. The third kappa shape index (κ3) is 1.84. The molecular formula is C21H16O2. The van der Waals surface area contributed by atoms with E-state index in [9.17, 15) is 4.79 Å². The second-order valence-corrected chi connectivity index (χ2v) is 6.50. The molecular weight excluding hydrogens is 284 g/mol. The van der Waals surface area contributed by atoms with E-state index in [-0.39, 0.29) is 11.9 Å². The van der Waals surface area contributed by atoms with E-state index in [0.717, 1.165) is 12.2 Å². The monoisotopic (exact) mass is 300 g/mol. The summed E-state index contributed by atoms with van der Waals surface area (Å²) < 4.78 is 5.50. The molecule has 1 heterocycles. The number of hydrogen-bond acceptors (Lipinski definition) is 2. The highest BCUT2D eigenvalue weighted by molar-refractivity contribution is 5.95. The van der Waals surface area contributed by atoms with E-state index in [2.05, 4.69) is 54.6 Å². The summed E-state index contributed by atoms with van der Waals surface area (Å²) in [6, 6.07) is 21.2. The van der Waals surface area contributed by atoms with Crippen LogP contribution in [0, 0.1) is 0 Å². The Morgan fingerprint density at radius 1 is 0.913 bits per heavy atom. The molecule has 2 aliphatic rings. The van der Waals surface area contributed by atoms with Gasteiger partial charge in [0.25, 0.3) is 0 Å². The summed E-state index contributed by atoms with van der Waals surface area (Å²) in [4.78, 5) is 12.0. The van der Waals surface area contributed by atoms with Crippen LogP contribution < -0.4 is 4.74 Å². The van der Waals surface area contributed by atoms with Crippen LogP contribution in [-0.4, -0.2) is 5.97 Å². The maximum absolute atomic E-state index is 12.0. The van der Waals surface area contributed by atoms with Gasteiger partial charge in [0.05, 0.1) is 6.42 Å². The highest BCUT2D eigenvalue weighted by Crippen LogP contribution is 2.51. The molecule has 2 atom stereocenters. The molecule has 0 N–H and O–H groups in total. The summed E-state index contributed by atoms with van der Waals surface area (Å²) in [7, 11) is 0. The lowest BCUT2D eigenvalue weighted by atomic mass is 9.71. The van der Waals surface area contributed by atoms with Gasteiger partial charge >= 0.3 is 5.97 Å². The lowest BCUT2D eigenvalue weighted by molar-refractivity contribution is -0.136. The molecule has 2 heteroatoms. The Balaban J connectivity index is 1.83. The van der Waals surface area contributed by atoms with Crippen LogP contribution in [0.2, 0.25) is 0 Å². The molecule has 112 valence electrons. The van der Waals surface area contributed by atoms with Gasteiger partial charge in [-0.1, -0.05) is 54.6 Å². The first-order valence-electron chi connectivity index (χ1n) is 8.12. The van der Waals surface area contributed by atoms with E-state index >= 15 is 0 Å². The largest absolute Gasteiger partial charge is 0.426 e. The highest BCUT2D eigenvalue weighted by atomic mass is 16.5. The van der Waals surface area contributed by atoms with E-state index < -0.39 is 0 Å². The van der Waals surface area contributed by atoms with Gasteiger partial charge in [0.1, 0.15) is 5.75 Å². The van der Waals surface area contributed by atoms with Crippen molar-refractivity contribution in [1.82, 2.24) is 0 Å². The molecule has 0 saturated heterocycles. The maximum atomic E-state index is 12.0. The second kappa shape index (κ2) is 4.69. The van der Waals surface area contributed by atoms with Gasteiger partial charge in [-0.3, -0.25) is 4.79 Å².